The van der Waals surface area contributed by atoms with Crippen molar-refractivity contribution in [3.63, 3.8) is 0 Å². The second-order valence-corrected chi connectivity index (χ2v) is 9.24. The fraction of sp³-hybridized carbons (Fsp3) is 0.174. The number of pyridine rings is 1. The van der Waals surface area contributed by atoms with Gasteiger partial charge in [0.05, 0.1) is 24.2 Å². The van der Waals surface area contributed by atoms with Gasteiger partial charge in [0.15, 0.2) is 11.5 Å². The molecule has 2 aromatic carbocycles. The molecule has 2 aromatic heterocycles. The van der Waals surface area contributed by atoms with Crippen LogP contribution in [0.2, 0.25) is 0 Å². The molecule has 0 aliphatic carbocycles. The first kappa shape index (κ1) is 19.2. The van der Waals surface area contributed by atoms with Crippen molar-refractivity contribution in [1.82, 2.24) is 9.71 Å². The van der Waals surface area contributed by atoms with E-state index in [-0.39, 0.29) is 6.04 Å². The maximum Gasteiger partial charge on any atom is 0.162 e. The third kappa shape index (κ3) is 3.96. The standard InChI is InChI=1S/C23H20N2O3S2/c26-30(18-9-10-19-20(15-18)28-13-5-12-27-19)25-22(16-6-2-1-3-7-16)21-14-17-8-4-11-24-23(17)29-21/h1-4,6-11,14-15,22,25H,5,12-13H2. The maximum atomic E-state index is 13.3. The van der Waals surface area contributed by atoms with Gasteiger partial charge in [0, 0.05) is 28.9 Å². The molecule has 5 nitrogen and oxygen atoms in total. The topological polar surface area (TPSA) is 60.5 Å². The molecule has 2 unspecified atom stereocenters. The number of ether oxygens (including phenoxy) is 2. The van der Waals surface area contributed by atoms with Gasteiger partial charge < -0.3 is 9.47 Å². The fourth-order valence-corrected chi connectivity index (χ4v) is 5.58. The minimum atomic E-state index is -1.44. The van der Waals surface area contributed by atoms with Crippen molar-refractivity contribution in [3.8, 4) is 11.5 Å². The lowest BCUT2D eigenvalue weighted by atomic mass is 10.1. The summed E-state index contributed by atoms with van der Waals surface area (Å²) in [5.41, 5.74) is 1.05. The highest BCUT2D eigenvalue weighted by Gasteiger charge is 2.21. The number of benzene rings is 2. The van der Waals surface area contributed by atoms with Crippen molar-refractivity contribution >= 4 is 32.5 Å². The van der Waals surface area contributed by atoms with Gasteiger partial charge in [-0.2, -0.15) is 0 Å². The molecule has 3 heterocycles. The molecular weight excluding hydrogens is 416 g/mol. The van der Waals surface area contributed by atoms with Gasteiger partial charge in [-0.3, -0.25) is 0 Å². The minimum Gasteiger partial charge on any atom is -0.490 e. The van der Waals surface area contributed by atoms with Crippen LogP contribution in [0.3, 0.4) is 0 Å². The molecule has 0 radical (unpaired) electrons. The van der Waals surface area contributed by atoms with Crippen molar-refractivity contribution in [2.75, 3.05) is 13.2 Å². The zero-order chi connectivity index (χ0) is 20.3. The van der Waals surface area contributed by atoms with E-state index in [1.807, 2.05) is 54.6 Å². The number of thiophene rings is 1. The Morgan fingerprint density at radius 2 is 1.80 bits per heavy atom. The highest BCUT2D eigenvalue weighted by molar-refractivity contribution is 7.83. The van der Waals surface area contributed by atoms with Crippen LogP contribution in [0.25, 0.3) is 10.2 Å². The lowest BCUT2D eigenvalue weighted by Crippen LogP contribution is -2.24. The molecule has 2 atom stereocenters. The van der Waals surface area contributed by atoms with Crippen molar-refractivity contribution in [3.05, 3.63) is 83.4 Å². The number of hydrogen-bond donors (Lipinski definition) is 1. The monoisotopic (exact) mass is 436 g/mol. The molecule has 30 heavy (non-hydrogen) atoms. The third-order valence-corrected chi connectivity index (χ3v) is 7.14. The first-order valence-corrected chi connectivity index (χ1v) is 11.7. The molecule has 4 aromatic rings. The molecular formula is C23H20N2O3S2. The van der Waals surface area contributed by atoms with Gasteiger partial charge in [-0.25, -0.2) is 13.9 Å². The van der Waals surface area contributed by atoms with E-state index in [1.54, 1.807) is 23.6 Å². The largest absolute Gasteiger partial charge is 0.490 e. The summed E-state index contributed by atoms with van der Waals surface area (Å²) in [5, 5.41) is 1.08. The van der Waals surface area contributed by atoms with E-state index >= 15 is 0 Å². The molecule has 0 saturated carbocycles. The van der Waals surface area contributed by atoms with Gasteiger partial charge in [0.1, 0.15) is 15.8 Å². The van der Waals surface area contributed by atoms with Gasteiger partial charge in [-0.1, -0.05) is 36.4 Å². The van der Waals surface area contributed by atoms with Gasteiger partial charge in [-0.15, -0.1) is 11.3 Å². The summed E-state index contributed by atoms with van der Waals surface area (Å²) in [6.45, 7) is 1.22. The summed E-state index contributed by atoms with van der Waals surface area (Å²) in [7, 11) is -1.44. The van der Waals surface area contributed by atoms with Crippen LogP contribution in [-0.2, 0) is 11.0 Å². The minimum absolute atomic E-state index is 0.220. The molecule has 7 heteroatoms. The normalized spacial score (nSPS) is 15.5. The Balaban J connectivity index is 1.48. The Bertz CT molecular complexity index is 1160. The predicted molar refractivity (Wildman–Crippen MR) is 119 cm³/mol. The number of fused-ring (bicyclic) bond motifs is 2. The Morgan fingerprint density at radius 3 is 2.63 bits per heavy atom. The van der Waals surface area contributed by atoms with Crippen molar-refractivity contribution in [2.45, 2.75) is 17.4 Å². The average Bonchev–Trinajstić information content (AvgIpc) is 3.08. The van der Waals surface area contributed by atoms with Crippen molar-refractivity contribution < 1.29 is 13.7 Å². The Morgan fingerprint density at radius 1 is 0.967 bits per heavy atom. The van der Waals surface area contributed by atoms with Gasteiger partial charge in [0.2, 0.25) is 0 Å². The van der Waals surface area contributed by atoms with Crippen molar-refractivity contribution in [2.24, 2.45) is 0 Å². The number of rotatable bonds is 5. The Hall–Kier alpha value is -2.74. The number of nitrogens with one attached hydrogen (secondary N) is 1. The van der Waals surface area contributed by atoms with Gasteiger partial charge in [0.25, 0.3) is 0 Å². The van der Waals surface area contributed by atoms with E-state index in [0.29, 0.717) is 29.6 Å². The highest BCUT2D eigenvalue weighted by atomic mass is 32.2. The number of aromatic nitrogens is 1. The molecule has 5 rings (SSSR count). The third-order valence-electron chi connectivity index (χ3n) is 4.89. The van der Waals surface area contributed by atoms with Gasteiger partial charge in [-0.05, 0) is 29.8 Å². The van der Waals surface area contributed by atoms with Crippen LogP contribution in [0.1, 0.15) is 22.9 Å². The molecule has 1 N–H and O–H groups in total. The Kier molecular flexibility index (Phi) is 5.48. The molecule has 0 fully saturated rings. The molecule has 152 valence electrons. The second kappa shape index (κ2) is 8.55. The first-order valence-electron chi connectivity index (χ1n) is 9.75. The zero-order valence-electron chi connectivity index (χ0n) is 16.1. The van der Waals surface area contributed by atoms with Crippen LogP contribution in [0.15, 0.2) is 77.8 Å². The van der Waals surface area contributed by atoms with Crippen LogP contribution < -0.4 is 14.2 Å². The van der Waals surface area contributed by atoms with Crippen LogP contribution in [0.4, 0.5) is 0 Å². The molecule has 0 spiro atoms. The number of hydrogen-bond acceptors (Lipinski definition) is 5. The summed E-state index contributed by atoms with van der Waals surface area (Å²) >= 11 is 1.61. The molecule has 0 saturated heterocycles. The zero-order valence-corrected chi connectivity index (χ0v) is 17.7. The quantitative estimate of drug-likeness (QED) is 0.485. The molecule has 0 amide bonds. The predicted octanol–water partition coefficient (Wildman–Crippen LogP) is 4.86. The highest BCUT2D eigenvalue weighted by Crippen LogP contribution is 2.34. The van der Waals surface area contributed by atoms with E-state index in [1.165, 1.54) is 0 Å². The van der Waals surface area contributed by atoms with Gasteiger partial charge >= 0.3 is 0 Å². The molecule has 0 bridgehead atoms. The SMILES string of the molecule is O=S(NC(c1ccccc1)c1cc2cccnc2s1)c1ccc2c(c1)OCCCO2. The summed E-state index contributed by atoms with van der Waals surface area (Å²) in [6, 6.07) is 21.4. The lowest BCUT2D eigenvalue weighted by molar-refractivity contribution is 0.297. The number of nitrogens with zero attached hydrogens (tertiary/aromatic N) is 1. The van der Waals surface area contributed by atoms with Crippen LogP contribution >= 0.6 is 11.3 Å². The van der Waals surface area contributed by atoms with E-state index in [4.69, 9.17) is 9.47 Å². The van der Waals surface area contributed by atoms with Crippen LogP contribution in [0, 0.1) is 0 Å². The fourth-order valence-electron chi connectivity index (χ4n) is 3.40. The second-order valence-electron chi connectivity index (χ2n) is 6.94. The van der Waals surface area contributed by atoms with Crippen molar-refractivity contribution in [1.29, 1.82) is 0 Å². The smallest absolute Gasteiger partial charge is 0.162 e. The lowest BCUT2D eigenvalue weighted by Gasteiger charge is -2.18. The van der Waals surface area contributed by atoms with E-state index in [9.17, 15) is 4.21 Å². The summed E-state index contributed by atoms with van der Waals surface area (Å²) < 4.78 is 28.0. The molecule has 1 aliphatic heterocycles. The van der Waals surface area contributed by atoms with Crippen LogP contribution in [-0.4, -0.2) is 22.4 Å². The average molecular weight is 437 g/mol. The van der Waals surface area contributed by atoms with E-state index in [0.717, 1.165) is 27.1 Å². The first-order chi connectivity index (χ1) is 14.8. The summed E-state index contributed by atoms with van der Waals surface area (Å²) in [4.78, 5) is 7.15. The van der Waals surface area contributed by atoms with E-state index in [2.05, 4.69) is 15.8 Å². The molecule has 1 aliphatic rings. The Labute approximate surface area is 181 Å². The maximum absolute atomic E-state index is 13.3. The van der Waals surface area contributed by atoms with Crippen LogP contribution in [0.5, 0.6) is 11.5 Å². The summed E-state index contributed by atoms with van der Waals surface area (Å²) in [6.07, 6.45) is 2.63. The summed E-state index contributed by atoms with van der Waals surface area (Å²) in [5.74, 6) is 1.34. The van der Waals surface area contributed by atoms with E-state index < -0.39 is 11.0 Å².